The van der Waals surface area contributed by atoms with Gasteiger partial charge in [-0.1, -0.05) is 66.7 Å². The van der Waals surface area contributed by atoms with Gasteiger partial charge in [0.15, 0.2) is 0 Å². The summed E-state index contributed by atoms with van der Waals surface area (Å²) in [4.78, 5) is 5.21. The summed E-state index contributed by atoms with van der Waals surface area (Å²) in [5, 5.41) is 8.11. The van der Waals surface area contributed by atoms with Crippen molar-refractivity contribution in [3.8, 4) is 22.3 Å². The molecule has 0 amide bonds. The van der Waals surface area contributed by atoms with Gasteiger partial charge in [-0.3, -0.25) is 0 Å². The standard InChI is InChI=1S/C42H38N2S/c1-4-12-29(13-5-1)41-34-19-17-32(44-24-10-3-11-25-44)28-38(34)42(35-20-18-31(27-37(35)41)43-22-8-2-9-23-43)30-16-21-40-36(26-30)33-14-6-7-15-39(33)45-40/h1,4-7,12-21,26-28H,2-3,8-11,22-25H2. The van der Waals surface area contributed by atoms with Crippen LogP contribution in [0.3, 0.4) is 0 Å². The summed E-state index contributed by atoms with van der Waals surface area (Å²) in [5.74, 6) is 0. The maximum absolute atomic E-state index is 2.61. The average molecular weight is 603 g/mol. The zero-order chi connectivity index (χ0) is 29.7. The molecular weight excluding hydrogens is 565 g/mol. The Hall–Kier alpha value is -4.34. The van der Waals surface area contributed by atoms with Gasteiger partial charge in [0.2, 0.25) is 0 Å². The van der Waals surface area contributed by atoms with E-state index in [1.54, 1.807) is 0 Å². The molecule has 2 saturated heterocycles. The van der Waals surface area contributed by atoms with Crippen molar-refractivity contribution in [1.29, 1.82) is 0 Å². The Balaban J connectivity index is 1.37. The number of rotatable bonds is 4. The van der Waals surface area contributed by atoms with Gasteiger partial charge >= 0.3 is 0 Å². The van der Waals surface area contributed by atoms with Crippen LogP contribution in [0.15, 0.2) is 109 Å². The maximum Gasteiger partial charge on any atom is 0.0372 e. The SMILES string of the molecule is c1ccc(-c2c3ccc(N4CCCCC4)cc3c(-c3ccc4sc5ccccc5c4c3)c3ccc(N4CCCCC4)cc23)cc1. The number of hydrogen-bond donors (Lipinski definition) is 0. The number of thiophene rings is 1. The van der Waals surface area contributed by atoms with E-state index >= 15 is 0 Å². The first-order chi connectivity index (χ1) is 22.3. The second-order valence-corrected chi connectivity index (χ2v) is 14.1. The molecule has 0 atom stereocenters. The molecule has 0 radical (unpaired) electrons. The van der Waals surface area contributed by atoms with E-state index in [1.807, 2.05) is 11.3 Å². The van der Waals surface area contributed by atoms with E-state index in [4.69, 9.17) is 0 Å². The molecule has 6 aromatic carbocycles. The van der Waals surface area contributed by atoms with Crippen LogP contribution in [0.5, 0.6) is 0 Å². The first-order valence-corrected chi connectivity index (χ1v) is 17.6. The number of hydrogen-bond acceptors (Lipinski definition) is 3. The molecule has 0 unspecified atom stereocenters. The van der Waals surface area contributed by atoms with Crippen LogP contribution < -0.4 is 9.80 Å². The van der Waals surface area contributed by atoms with Crippen molar-refractivity contribution in [2.45, 2.75) is 38.5 Å². The number of piperidine rings is 2. The largest absolute Gasteiger partial charge is 0.372 e. The smallest absolute Gasteiger partial charge is 0.0372 e. The fraction of sp³-hybridized carbons (Fsp3) is 0.238. The Morgan fingerprint density at radius 2 is 0.933 bits per heavy atom. The Labute approximate surface area is 269 Å². The number of nitrogens with zero attached hydrogens (tertiary/aromatic N) is 2. The molecule has 0 saturated carbocycles. The van der Waals surface area contributed by atoms with E-state index in [2.05, 4.69) is 119 Å². The van der Waals surface area contributed by atoms with Crippen LogP contribution in [0, 0.1) is 0 Å². The van der Waals surface area contributed by atoms with Gasteiger partial charge < -0.3 is 9.80 Å². The van der Waals surface area contributed by atoms with Crippen molar-refractivity contribution < 1.29 is 0 Å². The van der Waals surface area contributed by atoms with Crippen LogP contribution in [0.2, 0.25) is 0 Å². The summed E-state index contributed by atoms with van der Waals surface area (Å²) in [6.45, 7) is 4.58. The van der Waals surface area contributed by atoms with Gasteiger partial charge in [-0.05, 0) is 125 Å². The molecule has 45 heavy (non-hydrogen) atoms. The normalized spacial score (nSPS) is 15.9. The molecule has 2 fully saturated rings. The van der Waals surface area contributed by atoms with E-state index in [9.17, 15) is 0 Å². The number of fused-ring (bicyclic) bond motifs is 5. The van der Waals surface area contributed by atoms with Crippen molar-refractivity contribution >= 4 is 64.4 Å². The minimum Gasteiger partial charge on any atom is -0.372 e. The van der Waals surface area contributed by atoms with Crippen LogP contribution in [0.1, 0.15) is 38.5 Å². The minimum absolute atomic E-state index is 1.14. The molecule has 9 rings (SSSR count). The lowest BCUT2D eigenvalue weighted by atomic mass is 9.85. The first-order valence-electron chi connectivity index (χ1n) is 16.8. The van der Waals surface area contributed by atoms with Gasteiger partial charge in [-0.25, -0.2) is 0 Å². The quantitative estimate of drug-likeness (QED) is 0.185. The second kappa shape index (κ2) is 11.2. The molecule has 2 nitrogen and oxygen atoms in total. The molecule has 1 aromatic heterocycles. The topological polar surface area (TPSA) is 6.48 Å². The highest BCUT2D eigenvalue weighted by Gasteiger charge is 2.21. The maximum atomic E-state index is 2.61. The lowest BCUT2D eigenvalue weighted by molar-refractivity contribution is 0.578. The summed E-state index contributed by atoms with van der Waals surface area (Å²) in [6.07, 6.45) is 7.79. The highest BCUT2D eigenvalue weighted by Crippen LogP contribution is 2.47. The predicted molar refractivity (Wildman–Crippen MR) is 197 cm³/mol. The molecule has 222 valence electrons. The van der Waals surface area contributed by atoms with Crippen LogP contribution in [-0.4, -0.2) is 26.2 Å². The van der Waals surface area contributed by atoms with Crippen molar-refractivity contribution in [2.75, 3.05) is 36.0 Å². The number of benzene rings is 6. The Bertz CT molecular complexity index is 2180. The molecule has 2 aliphatic heterocycles. The molecule has 0 spiro atoms. The molecular formula is C42H38N2S. The third-order valence-corrected chi connectivity index (χ3v) is 11.4. The Morgan fingerprint density at radius 3 is 1.58 bits per heavy atom. The predicted octanol–water partition coefficient (Wildman–Crippen LogP) is 11.7. The van der Waals surface area contributed by atoms with Crippen LogP contribution >= 0.6 is 11.3 Å². The van der Waals surface area contributed by atoms with Crippen LogP contribution in [0.25, 0.3) is 64.0 Å². The fourth-order valence-electron chi connectivity index (χ4n) is 8.01. The van der Waals surface area contributed by atoms with E-state index in [1.165, 1.54) is 114 Å². The van der Waals surface area contributed by atoms with Crippen LogP contribution in [0.4, 0.5) is 11.4 Å². The third kappa shape index (κ3) is 4.68. The van der Waals surface area contributed by atoms with Gasteiger partial charge in [-0.2, -0.15) is 0 Å². The highest BCUT2D eigenvalue weighted by atomic mass is 32.1. The van der Waals surface area contributed by atoms with Gasteiger partial charge in [0.25, 0.3) is 0 Å². The average Bonchev–Trinajstić information content (AvgIpc) is 3.49. The molecule has 2 aliphatic rings. The van der Waals surface area contributed by atoms with Crippen molar-refractivity contribution in [3.63, 3.8) is 0 Å². The minimum atomic E-state index is 1.14. The zero-order valence-electron chi connectivity index (χ0n) is 25.8. The van der Waals surface area contributed by atoms with Gasteiger partial charge in [0.05, 0.1) is 0 Å². The summed E-state index contributed by atoms with van der Waals surface area (Å²) in [7, 11) is 0. The number of anilines is 2. The summed E-state index contributed by atoms with van der Waals surface area (Å²) < 4.78 is 2.72. The lowest BCUT2D eigenvalue weighted by Gasteiger charge is -2.30. The van der Waals surface area contributed by atoms with Crippen molar-refractivity contribution in [2.24, 2.45) is 0 Å². The molecule has 3 heterocycles. The van der Waals surface area contributed by atoms with Crippen molar-refractivity contribution in [3.05, 3.63) is 109 Å². The lowest BCUT2D eigenvalue weighted by Crippen LogP contribution is -2.29. The van der Waals surface area contributed by atoms with Gasteiger partial charge in [0, 0.05) is 57.7 Å². The molecule has 3 heteroatoms. The van der Waals surface area contributed by atoms with E-state index in [0.717, 1.165) is 26.2 Å². The van der Waals surface area contributed by atoms with Gasteiger partial charge in [0.1, 0.15) is 0 Å². The summed E-state index contributed by atoms with van der Waals surface area (Å²) in [6, 6.07) is 41.8. The third-order valence-electron chi connectivity index (χ3n) is 10.3. The summed E-state index contributed by atoms with van der Waals surface area (Å²) in [5.41, 5.74) is 8.03. The molecule has 0 bridgehead atoms. The van der Waals surface area contributed by atoms with E-state index < -0.39 is 0 Å². The summed E-state index contributed by atoms with van der Waals surface area (Å²) >= 11 is 1.90. The highest BCUT2D eigenvalue weighted by molar-refractivity contribution is 7.25. The second-order valence-electron chi connectivity index (χ2n) is 13.0. The Morgan fingerprint density at radius 1 is 0.378 bits per heavy atom. The van der Waals surface area contributed by atoms with E-state index in [0.29, 0.717) is 0 Å². The fourth-order valence-corrected chi connectivity index (χ4v) is 9.10. The Kier molecular flexibility index (Phi) is 6.74. The van der Waals surface area contributed by atoms with Gasteiger partial charge in [-0.15, -0.1) is 11.3 Å². The molecule has 0 N–H and O–H groups in total. The molecule has 0 aliphatic carbocycles. The van der Waals surface area contributed by atoms with E-state index in [-0.39, 0.29) is 0 Å². The van der Waals surface area contributed by atoms with Crippen LogP contribution in [-0.2, 0) is 0 Å². The monoisotopic (exact) mass is 602 g/mol. The zero-order valence-corrected chi connectivity index (χ0v) is 26.6. The van der Waals surface area contributed by atoms with Crippen molar-refractivity contribution in [1.82, 2.24) is 0 Å². The first kappa shape index (κ1) is 27.0. The molecule has 7 aromatic rings.